The van der Waals surface area contributed by atoms with Crippen molar-refractivity contribution in [1.29, 1.82) is 0 Å². The van der Waals surface area contributed by atoms with Gasteiger partial charge in [0, 0.05) is 23.4 Å². The van der Waals surface area contributed by atoms with Crippen molar-refractivity contribution in [2.75, 3.05) is 11.4 Å². The van der Waals surface area contributed by atoms with Crippen LogP contribution >= 0.6 is 15.9 Å². The van der Waals surface area contributed by atoms with E-state index in [1.165, 1.54) is 0 Å². The lowest BCUT2D eigenvalue weighted by Crippen LogP contribution is -2.25. The molecule has 4 heteroatoms. The van der Waals surface area contributed by atoms with Crippen LogP contribution in [-0.2, 0) is 4.79 Å². The normalized spacial score (nSPS) is 19.8. The molecule has 3 nitrogen and oxygen atoms in total. The number of hydrogen-bond acceptors (Lipinski definition) is 2. The van der Waals surface area contributed by atoms with Gasteiger partial charge in [0.05, 0.1) is 5.69 Å². The van der Waals surface area contributed by atoms with Crippen LogP contribution < -0.4 is 4.90 Å². The van der Waals surface area contributed by atoms with Crippen molar-refractivity contribution in [3.05, 3.63) is 34.5 Å². The molecular formula is C13H15BrN2O. The molecule has 0 N–H and O–H groups in total. The van der Waals surface area contributed by atoms with E-state index in [-0.39, 0.29) is 11.8 Å². The first-order valence-corrected chi connectivity index (χ1v) is 6.39. The minimum Gasteiger partial charge on any atom is -0.296 e. The summed E-state index contributed by atoms with van der Waals surface area (Å²) in [6, 6.07) is 1.94. The van der Waals surface area contributed by atoms with Gasteiger partial charge in [0.2, 0.25) is 5.91 Å². The van der Waals surface area contributed by atoms with Gasteiger partial charge in [0.15, 0.2) is 0 Å². The Morgan fingerprint density at radius 3 is 2.82 bits per heavy atom. The summed E-state index contributed by atoms with van der Waals surface area (Å²) in [5.41, 5.74) is 2.01. The Bertz CT molecular complexity index is 461. The molecule has 0 spiro atoms. The van der Waals surface area contributed by atoms with Crippen LogP contribution in [0, 0.1) is 19.8 Å². The van der Waals surface area contributed by atoms with E-state index in [2.05, 4.69) is 27.5 Å². The standard InChI is InChI=1S/C13H15BrN2O/c1-4-10-6-12(17)16(7-10)11-5-8(2)13(14)9(3)15-11/h4-5,10H,1,6-7H2,2-3H3. The fourth-order valence-electron chi connectivity index (χ4n) is 2.05. The van der Waals surface area contributed by atoms with E-state index >= 15 is 0 Å². The van der Waals surface area contributed by atoms with Crippen molar-refractivity contribution >= 4 is 27.7 Å². The second-order valence-electron chi connectivity index (χ2n) is 4.40. The number of aryl methyl sites for hydroxylation is 2. The molecule has 1 amide bonds. The zero-order chi connectivity index (χ0) is 12.6. The fraction of sp³-hybridized carbons (Fsp3) is 0.385. The van der Waals surface area contributed by atoms with Crippen molar-refractivity contribution in [2.24, 2.45) is 5.92 Å². The lowest BCUT2D eigenvalue weighted by atomic mass is 10.1. The number of carbonyl (C=O) groups excluding carboxylic acids is 1. The SMILES string of the molecule is C=CC1CC(=O)N(c2cc(C)c(Br)c(C)n2)C1. The Kier molecular flexibility index (Phi) is 3.33. The average molecular weight is 295 g/mol. The largest absolute Gasteiger partial charge is 0.296 e. The quantitative estimate of drug-likeness (QED) is 0.786. The number of anilines is 1. The van der Waals surface area contributed by atoms with Crippen molar-refractivity contribution in [3.8, 4) is 0 Å². The van der Waals surface area contributed by atoms with Crippen LogP contribution in [0.5, 0.6) is 0 Å². The van der Waals surface area contributed by atoms with Gasteiger partial charge in [0.1, 0.15) is 5.82 Å². The molecule has 1 aromatic heterocycles. The minimum atomic E-state index is 0.128. The van der Waals surface area contributed by atoms with Crippen molar-refractivity contribution in [2.45, 2.75) is 20.3 Å². The topological polar surface area (TPSA) is 33.2 Å². The fourth-order valence-corrected chi connectivity index (χ4v) is 2.25. The second kappa shape index (κ2) is 4.61. The number of pyridine rings is 1. The lowest BCUT2D eigenvalue weighted by molar-refractivity contribution is -0.117. The molecule has 2 heterocycles. The molecule has 1 unspecified atom stereocenters. The van der Waals surface area contributed by atoms with Crippen LogP contribution in [0.4, 0.5) is 5.82 Å². The number of hydrogen-bond donors (Lipinski definition) is 0. The Morgan fingerprint density at radius 1 is 1.59 bits per heavy atom. The number of halogens is 1. The molecule has 1 fully saturated rings. The van der Waals surface area contributed by atoms with Gasteiger partial charge >= 0.3 is 0 Å². The van der Waals surface area contributed by atoms with Crippen LogP contribution in [0.2, 0.25) is 0 Å². The average Bonchev–Trinajstić information content (AvgIpc) is 2.67. The highest BCUT2D eigenvalue weighted by atomic mass is 79.9. The first-order valence-electron chi connectivity index (χ1n) is 5.59. The number of carbonyl (C=O) groups is 1. The molecule has 1 aliphatic heterocycles. The highest BCUT2D eigenvalue weighted by molar-refractivity contribution is 9.10. The summed E-state index contributed by atoms with van der Waals surface area (Å²) in [5, 5.41) is 0. The third kappa shape index (κ3) is 2.27. The predicted molar refractivity (Wildman–Crippen MR) is 72.1 cm³/mol. The molecule has 1 aromatic rings. The zero-order valence-electron chi connectivity index (χ0n) is 10.0. The Balaban J connectivity index is 2.35. The summed E-state index contributed by atoms with van der Waals surface area (Å²) in [5.74, 6) is 1.12. The molecule has 2 rings (SSSR count). The van der Waals surface area contributed by atoms with Crippen LogP contribution in [-0.4, -0.2) is 17.4 Å². The Morgan fingerprint density at radius 2 is 2.29 bits per heavy atom. The minimum absolute atomic E-state index is 0.128. The molecule has 1 atom stereocenters. The lowest BCUT2D eigenvalue weighted by Gasteiger charge is -2.17. The third-order valence-electron chi connectivity index (χ3n) is 3.06. The molecule has 0 aromatic carbocycles. The number of aromatic nitrogens is 1. The summed E-state index contributed by atoms with van der Waals surface area (Å²) < 4.78 is 1.01. The summed E-state index contributed by atoms with van der Waals surface area (Å²) in [7, 11) is 0. The van der Waals surface area contributed by atoms with Crippen LogP contribution in [0.25, 0.3) is 0 Å². The Hall–Kier alpha value is -1.16. The highest BCUT2D eigenvalue weighted by Gasteiger charge is 2.29. The van der Waals surface area contributed by atoms with Gasteiger partial charge in [0.25, 0.3) is 0 Å². The summed E-state index contributed by atoms with van der Waals surface area (Å²) in [6.45, 7) is 8.38. The van der Waals surface area contributed by atoms with Crippen molar-refractivity contribution in [3.63, 3.8) is 0 Å². The molecule has 0 radical (unpaired) electrons. The predicted octanol–water partition coefficient (Wildman–Crippen LogP) is 3.00. The van der Waals surface area contributed by atoms with E-state index in [1.807, 2.05) is 26.0 Å². The van der Waals surface area contributed by atoms with Gasteiger partial charge in [-0.3, -0.25) is 9.69 Å². The van der Waals surface area contributed by atoms with E-state index in [9.17, 15) is 4.79 Å². The molecule has 0 bridgehead atoms. The smallest absolute Gasteiger partial charge is 0.228 e. The number of rotatable bonds is 2. The van der Waals surface area contributed by atoms with E-state index in [4.69, 9.17) is 0 Å². The van der Waals surface area contributed by atoms with Crippen molar-refractivity contribution < 1.29 is 4.79 Å². The molecule has 0 aliphatic carbocycles. The Labute approximate surface area is 110 Å². The molecule has 1 aliphatic rings. The monoisotopic (exact) mass is 294 g/mol. The number of nitrogens with zero attached hydrogens (tertiary/aromatic N) is 2. The van der Waals surface area contributed by atoms with E-state index in [0.29, 0.717) is 13.0 Å². The summed E-state index contributed by atoms with van der Waals surface area (Å²) in [4.78, 5) is 18.1. The maximum Gasteiger partial charge on any atom is 0.228 e. The summed E-state index contributed by atoms with van der Waals surface area (Å²) in [6.07, 6.45) is 2.38. The molecule has 1 saturated heterocycles. The van der Waals surface area contributed by atoms with E-state index < -0.39 is 0 Å². The maximum absolute atomic E-state index is 11.9. The first kappa shape index (κ1) is 12.3. The van der Waals surface area contributed by atoms with Crippen LogP contribution in [0.1, 0.15) is 17.7 Å². The molecule has 90 valence electrons. The van der Waals surface area contributed by atoms with Gasteiger partial charge in [-0.05, 0) is 41.4 Å². The van der Waals surface area contributed by atoms with Gasteiger partial charge < -0.3 is 0 Å². The van der Waals surface area contributed by atoms with E-state index in [0.717, 1.165) is 21.5 Å². The molecule has 0 saturated carbocycles. The highest BCUT2D eigenvalue weighted by Crippen LogP contribution is 2.28. The van der Waals surface area contributed by atoms with Gasteiger partial charge in [-0.2, -0.15) is 0 Å². The van der Waals surface area contributed by atoms with E-state index in [1.54, 1.807) is 4.90 Å². The first-order chi connectivity index (χ1) is 8.02. The maximum atomic E-state index is 11.9. The van der Waals surface area contributed by atoms with Crippen molar-refractivity contribution in [1.82, 2.24) is 4.98 Å². The van der Waals surface area contributed by atoms with Gasteiger partial charge in [-0.1, -0.05) is 6.08 Å². The summed E-state index contributed by atoms with van der Waals surface area (Å²) >= 11 is 3.48. The van der Waals surface area contributed by atoms with Crippen LogP contribution in [0.3, 0.4) is 0 Å². The van der Waals surface area contributed by atoms with Gasteiger partial charge in [-0.25, -0.2) is 4.98 Å². The third-order valence-corrected chi connectivity index (χ3v) is 4.26. The zero-order valence-corrected chi connectivity index (χ0v) is 11.6. The van der Waals surface area contributed by atoms with Crippen LogP contribution in [0.15, 0.2) is 23.2 Å². The van der Waals surface area contributed by atoms with Gasteiger partial charge in [-0.15, -0.1) is 6.58 Å². The molecular weight excluding hydrogens is 280 g/mol. The molecule has 17 heavy (non-hydrogen) atoms. The second-order valence-corrected chi connectivity index (χ2v) is 5.19. The number of amides is 1.